The van der Waals surface area contributed by atoms with Crippen molar-refractivity contribution >= 4 is 18.0 Å². The second-order valence-electron chi connectivity index (χ2n) is 4.80. The van der Waals surface area contributed by atoms with E-state index in [9.17, 15) is 19.5 Å². The van der Waals surface area contributed by atoms with Crippen LogP contribution in [0.2, 0.25) is 0 Å². The monoisotopic (exact) mass is 318 g/mol. The van der Waals surface area contributed by atoms with Crippen LogP contribution in [0.5, 0.6) is 0 Å². The number of hydrogen-bond acceptors (Lipinski definition) is 4. The summed E-state index contributed by atoms with van der Waals surface area (Å²) >= 11 is 0. The number of carbonyl (C=O) groups excluding carboxylic acids is 3. The van der Waals surface area contributed by atoms with Crippen molar-refractivity contribution < 1.29 is 49.0 Å². The van der Waals surface area contributed by atoms with Crippen LogP contribution in [0.15, 0.2) is 60.7 Å². The number of carbonyl (C=O) groups is 3. The molecular weight excluding hydrogens is 307 g/mol. The summed E-state index contributed by atoms with van der Waals surface area (Å²) in [5.74, 6) is -0.723. The minimum absolute atomic E-state index is 0. The molecule has 0 aliphatic carbocycles. The summed E-state index contributed by atoms with van der Waals surface area (Å²) in [6.45, 7) is 0. The number of amides is 4. The SMILES string of the molecule is O=C([O-])N1C(=O)NC(=O)C1(c1ccccc1)c1ccccc1.[Na+]. The van der Waals surface area contributed by atoms with Gasteiger partial charge in [0.05, 0.1) is 0 Å². The fraction of sp³-hybridized carbons (Fsp3) is 0.0625. The molecule has 4 amide bonds. The summed E-state index contributed by atoms with van der Waals surface area (Å²) in [7, 11) is 0. The van der Waals surface area contributed by atoms with E-state index >= 15 is 0 Å². The molecule has 0 unspecified atom stereocenters. The van der Waals surface area contributed by atoms with Gasteiger partial charge in [0.2, 0.25) is 0 Å². The van der Waals surface area contributed by atoms with Crippen LogP contribution >= 0.6 is 0 Å². The zero-order valence-electron chi connectivity index (χ0n) is 12.4. The van der Waals surface area contributed by atoms with Gasteiger partial charge in [0, 0.05) is 0 Å². The van der Waals surface area contributed by atoms with E-state index < -0.39 is 23.6 Å². The molecule has 6 nitrogen and oxygen atoms in total. The molecule has 0 bridgehead atoms. The van der Waals surface area contributed by atoms with E-state index in [1.165, 1.54) is 0 Å². The van der Waals surface area contributed by atoms with Gasteiger partial charge < -0.3 is 9.90 Å². The van der Waals surface area contributed by atoms with Gasteiger partial charge in [-0.15, -0.1) is 0 Å². The summed E-state index contributed by atoms with van der Waals surface area (Å²) in [5.41, 5.74) is -1.04. The predicted molar refractivity (Wildman–Crippen MR) is 74.4 cm³/mol. The van der Waals surface area contributed by atoms with Gasteiger partial charge in [-0.2, -0.15) is 0 Å². The number of nitrogens with zero attached hydrogens (tertiary/aromatic N) is 1. The predicted octanol–water partition coefficient (Wildman–Crippen LogP) is -2.17. The molecule has 2 aromatic carbocycles. The summed E-state index contributed by atoms with van der Waals surface area (Å²) in [4.78, 5) is 36.5. The molecule has 110 valence electrons. The summed E-state index contributed by atoms with van der Waals surface area (Å²) in [6, 6.07) is 15.5. The first kappa shape index (κ1) is 17.2. The second-order valence-corrected chi connectivity index (χ2v) is 4.80. The average molecular weight is 318 g/mol. The Morgan fingerprint density at radius 3 is 1.74 bits per heavy atom. The van der Waals surface area contributed by atoms with Gasteiger partial charge >= 0.3 is 35.6 Å². The molecule has 0 spiro atoms. The van der Waals surface area contributed by atoms with Crippen LogP contribution in [0, 0.1) is 0 Å². The molecule has 1 fully saturated rings. The number of hydrogen-bond donors (Lipinski definition) is 1. The Hall–Kier alpha value is -2.15. The molecule has 1 N–H and O–H groups in total. The first-order valence-corrected chi connectivity index (χ1v) is 6.56. The molecular formula is C16H11N2NaO4. The number of nitrogens with one attached hydrogen (secondary N) is 1. The normalized spacial score (nSPS) is 15.7. The van der Waals surface area contributed by atoms with Crippen LogP contribution in [0.1, 0.15) is 11.1 Å². The van der Waals surface area contributed by atoms with Crippen LogP contribution in [0.3, 0.4) is 0 Å². The van der Waals surface area contributed by atoms with Crippen molar-refractivity contribution in [1.82, 2.24) is 10.2 Å². The number of benzene rings is 2. The van der Waals surface area contributed by atoms with Gasteiger partial charge in [0.15, 0.2) is 5.54 Å². The number of carboxylic acid groups (broad SMARTS) is 1. The van der Waals surface area contributed by atoms with Crippen molar-refractivity contribution in [2.24, 2.45) is 0 Å². The maximum atomic E-state index is 12.6. The van der Waals surface area contributed by atoms with Crippen LogP contribution in [0.25, 0.3) is 0 Å². The Kier molecular flexibility index (Phi) is 4.89. The number of rotatable bonds is 2. The minimum Gasteiger partial charge on any atom is -0.529 e. The zero-order chi connectivity index (χ0) is 15.7. The maximum Gasteiger partial charge on any atom is 1.00 e. The van der Waals surface area contributed by atoms with Crippen molar-refractivity contribution in [3.8, 4) is 0 Å². The summed E-state index contributed by atoms with van der Waals surface area (Å²) in [5, 5.41) is 13.6. The van der Waals surface area contributed by atoms with E-state index in [0.717, 1.165) is 0 Å². The molecule has 3 rings (SSSR count). The average Bonchev–Trinajstić information content (AvgIpc) is 2.80. The third kappa shape index (κ3) is 2.55. The molecule has 1 saturated heterocycles. The molecule has 23 heavy (non-hydrogen) atoms. The van der Waals surface area contributed by atoms with Crippen molar-refractivity contribution in [2.75, 3.05) is 0 Å². The minimum atomic E-state index is -1.78. The van der Waals surface area contributed by atoms with E-state index in [-0.39, 0.29) is 29.6 Å². The van der Waals surface area contributed by atoms with E-state index in [1.807, 2.05) is 0 Å². The first-order chi connectivity index (χ1) is 10.6. The molecule has 0 saturated carbocycles. The van der Waals surface area contributed by atoms with Gasteiger partial charge in [-0.25, -0.2) is 4.79 Å². The first-order valence-electron chi connectivity index (χ1n) is 6.56. The molecule has 0 radical (unpaired) electrons. The Balaban J connectivity index is 0.00000192. The summed E-state index contributed by atoms with van der Waals surface area (Å²) in [6.07, 6.45) is -1.74. The van der Waals surface area contributed by atoms with Crippen molar-refractivity contribution in [3.05, 3.63) is 71.8 Å². The van der Waals surface area contributed by atoms with E-state index in [1.54, 1.807) is 60.7 Å². The van der Waals surface area contributed by atoms with E-state index in [0.29, 0.717) is 16.0 Å². The van der Waals surface area contributed by atoms with E-state index in [2.05, 4.69) is 5.32 Å². The van der Waals surface area contributed by atoms with Gasteiger partial charge in [-0.3, -0.25) is 15.0 Å². The third-order valence-corrected chi connectivity index (χ3v) is 3.65. The molecule has 0 atom stereocenters. The fourth-order valence-corrected chi connectivity index (χ4v) is 2.76. The van der Waals surface area contributed by atoms with E-state index in [4.69, 9.17) is 0 Å². The van der Waals surface area contributed by atoms with Crippen LogP contribution < -0.4 is 40.0 Å². The Bertz CT molecular complexity index is 710. The van der Waals surface area contributed by atoms with Crippen molar-refractivity contribution in [2.45, 2.75) is 5.54 Å². The zero-order valence-corrected chi connectivity index (χ0v) is 14.4. The number of imide groups is 2. The molecule has 1 aliphatic heterocycles. The molecule has 1 aliphatic rings. The largest absolute Gasteiger partial charge is 1.00 e. The van der Waals surface area contributed by atoms with Crippen LogP contribution in [0.4, 0.5) is 9.59 Å². The second kappa shape index (κ2) is 6.54. The van der Waals surface area contributed by atoms with Crippen molar-refractivity contribution in [1.29, 1.82) is 0 Å². The Labute approximate surface area is 154 Å². The van der Waals surface area contributed by atoms with Crippen LogP contribution in [-0.4, -0.2) is 22.9 Å². The standard InChI is InChI=1S/C16H12N2O4.Na/c19-13-16(11-7-3-1-4-8-11,12-9-5-2-6-10-12)18(15(21)22)14(20)17-13;/h1-10H,(H,21,22)(H,17,19,20);/q;+1/p-1. The molecule has 7 heteroatoms. The Morgan fingerprint density at radius 2 is 1.35 bits per heavy atom. The molecule has 2 aromatic rings. The quantitative estimate of drug-likeness (QED) is 0.504. The number of urea groups is 1. The topological polar surface area (TPSA) is 89.5 Å². The van der Waals surface area contributed by atoms with Gasteiger partial charge in [0.25, 0.3) is 5.91 Å². The molecule has 1 heterocycles. The smallest absolute Gasteiger partial charge is 0.529 e. The van der Waals surface area contributed by atoms with Crippen molar-refractivity contribution in [3.63, 3.8) is 0 Å². The molecule has 0 aromatic heterocycles. The van der Waals surface area contributed by atoms with Gasteiger partial charge in [0.1, 0.15) is 6.09 Å². The fourth-order valence-electron chi connectivity index (χ4n) is 2.76. The summed E-state index contributed by atoms with van der Waals surface area (Å²) < 4.78 is 0. The third-order valence-electron chi connectivity index (χ3n) is 3.65. The van der Waals surface area contributed by atoms with Gasteiger partial charge in [-0.05, 0) is 11.1 Å². The van der Waals surface area contributed by atoms with Crippen LogP contribution in [-0.2, 0) is 10.3 Å². The Morgan fingerprint density at radius 1 is 0.913 bits per heavy atom. The maximum absolute atomic E-state index is 12.6. The van der Waals surface area contributed by atoms with Gasteiger partial charge in [-0.1, -0.05) is 60.7 Å².